The van der Waals surface area contributed by atoms with Crippen molar-refractivity contribution < 1.29 is 17.6 Å². The van der Waals surface area contributed by atoms with E-state index in [9.17, 15) is 13.2 Å². The molecule has 7 nitrogen and oxygen atoms in total. The lowest BCUT2D eigenvalue weighted by Gasteiger charge is -2.24. The fraction of sp³-hybridized carbons (Fsp3) is 0.476. The molecule has 1 aromatic heterocycles. The van der Waals surface area contributed by atoms with E-state index in [-0.39, 0.29) is 10.8 Å². The van der Waals surface area contributed by atoms with E-state index in [1.807, 2.05) is 13.8 Å². The molecule has 2 heterocycles. The molecule has 29 heavy (non-hydrogen) atoms. The van der Waals surface area contributed by atoms with Gasteiger partial charge in [0, 0.05) is 26.2 Å². The van der Waals surface area contributed by atoms with Crippen molar-refractivity contribution in [3.63, 3.8) is 0 Å². The number of hydrogen-bond donors (Lipinski definition) is 1. The van der Waals surface area contributed by atoms with Crippen LogP contribution in [0.1, 0.15) is 48.6 Å². The second-order valence-electron chi connectivity index (χ2n) is 7.24. The molecular weight excluding hydrogens is 390 g/mol. The summed E-state index contributed by atoms with van der Waals surface area (Å²) < 4.78 is 32.8. The van der Waals surface area contributed by atoms with E-state index in [0.717, 1.165) is 31.6 Å². The molecular formula is C21H29N3O4S. The summed E-state index contributed by atoms with van der Waals surface area (Å²) in [4.78, 5) is 15.2. The average molecular weight is 420 g/mol. The number of hydrogen-bond acceptors (Lipinski definition) is 5. The van der Waals surface area contributed by atoms with Crippen molar-refractivity contribution in [2.24, 2.45) is 0 Å². The maximum atomic E-state index is 13.0. The predicted octanol–water partition coefficient (Wildman–Crippen LogP) is 3.78. The first kappa shape index (κ1) is 21.4. The molecule has 1 saturated heterocycles. The van der Waals surface area contributed by atoms with Gasteiger partial charge in [-0.3, -0.25) is 4.79 Å². The first-order valence-corrected chi connectivity index (χ1v) is 11.5. The van der Waals surface area contributed by atoms with Crippen molar-refractivity contribution in [3.8, 4) is 0 Å². The molecule has 0 radical (unpaired) electrons. The van der Waals surface area contributed by atoms with E-state index in [1.54, 1.807) is 38.1 Å². The minimum Gasteiger partial charge on any atom is -0.466 e. The lowest BCUT2D eigenvalue weighted by atomic mass is 10.2. The van der Waals surface area contributed by atoms with Crippen LogP contribution in [0.5, 0.6) is 0 Å². The zero-order valence-corrected chi connectivity index (χ0v) is 18.3. The third kappa shape index (κ3) is 4.33. The Morgan fingerprint density at radius 1 is 1.14 bits per heavy atom. The largest absolute Gasteiger partial charge is 0.466 e. The number of rotatable bonds is 7. The Morgan fingerprint density at radius 3 is 2.34 bits per heavy atom. The van der Waals surface area contributed by atoms with Crippen molar-refractivity contribution in [3.05, 3.63) is 41.3 Å². The number of nitrogens with zero attached hydrogens (tertiary/aromatic N) is 2. The van der Waals surface area contributed by atoms with Gasteiger partial charge in [-0.25, -0.2) is 8.42 Å². The summed E-state index contributed by atoms with van der Waals surface area (Å²) in [7, 11) is -3.62. The summed E-state index contributed by atoms with van der Waals surface area (Å²) in [6.45, 7) is 9.70. The number of carbonyl (C=O) groups is 1. The van der Waals surface area contributed by atoms with E-state index in [0.29, 0.717) is 35.9 Å². The molecule has 3 rings (SSSR count). The third-order valence-electron chi connectivity index (χ3n) is 5.29. The van der Waals surface area contributed by atoms with Crippen molar-refractivity contribution in [2.45, 2.75) is 45.4 Å². The van der Waals surface area contributed by atoms with E-state index < -0.39 is 10.0 Å². The summed E-state index contributed by atoms with van der Waals surface area (Å²) in [5, 5.41) is 2.92. The molecule has 1 N–H and O–H groups in total. The monoisotopic (exact) mass is 419 g/mol. The van der Waals surface area contributed by atoms with Gasteiger partial charge in [0.25, 0.3) is 5.91 Å². The van der Waals surface area contributed by atoms with Crippen LogP contribution in [0.25, 0.3) is 0 Å². The van der Waals surface area contributed by atoms with Gasteiger partial charge in [0.1, 0.15) is 11.5 Å². The number of furan rings is 1. The van der Waals surface area contributed by atoms with Crippen LogP contribution in [0.3, 0.4) is 0 Å². The molecule has 0 atom stereocenters. The number of sulfonamides is 1. The molecule has 8 heteroatoms. The molecule has 1 fully saturated rings. The first-order valence-electron chi connectivity index (χ1n) is 10.1. The molecule has 0 unspecified atom stereocenters. The Hall–Kier alpha value is -2.32. The van der Waals surface area contributed by atoms with Gasteiger partial charge in [0.15, 0.2) is 0 Å². The van der Waals surface area contributed by atoms with Gasteiger partial charge in [0.2, 0.25) is 10.0 Å². The highest BCUT2D eigenvalue weighted by atomic mass is 32.2. The van der Waals surface area contributed by atoms with Crippen LogP contribution in [-0.4, -0.2) is 44.8 Å². The van der Waals surface area contributed by atoms with E-state index in [2.05, 4.69) is 10.2 Å². The Bertz CT molecular complexity index is 987. The van der Waals surface area contributed by atoms with Gasteiger partial charge in [0.05, 0.1) is 21.8 Å². The van der Waals surface area contributed by atoms with Crippen molar-refractivity contribution in [2.75, 3.05) is 36.4 Å². The summed E-state index contributed by atoms with van der Waals surface area (Å²) in [5.41, 5.74) is 1.79. The zero-order valence-electron chi connectivity index (χ0n) is 17.5. The van der Waals surface area contributed by atoms with Crippen LogP contribution >= 0.6 is 0 Å². The Morgan fingerprint density at radius 2 is 1.79 bits per heavy atom. The summed E-state index contributed by atoms with van der Waals surface area (Å²) in [5.74, 6) is 0.886. The number of carbonyl (C=O) groups excluding carboxylic acids is 1. The molecule has 2 aromatic rings. The SMILES string of the molecule is CCN(CC)S(=O)(=O)c1ccc(N2CCCC2)c(NC(=O)c2cc(C)oc2C)c1. The van der Waals surface area contributed by atoms with E-state index in [4.69, 9.17) is 4.42 Å². The number of amides is 1. The van der Waals surface area contributed by atoms with Gasteiger partial charge in [-0.1, -0.05) is 13.8 Å². The van der Waals surface area contributed by atoms with Gasteiger partial charge < -0.3 is 14.6 Å². The van der Waals surface area contributed by atoms with Crippen LogP contribution in [0.2, 0.25) is 0 Å². The summed E-state index contributed by atoms with van der Waals surface area (Å²) in [6, 6.07) is 6.69. The number of nitrogens with one attached hydrogen (secondary N) is 1. The second kappa shape index (κ2) is 8.59. The van der Waals surface area contributed by atoms with Crippen LogP contribution < -0.4 is 10.2 Å². The zero-order chi connectivity index (χ0) is 21.2. The highest BCUT2D eigenvalue weighted by Gasteiger charge is 2.25. The molecule has 1 aliphatic heterocycles. The standard InChI is InChI=1S/C21H29N3O4S/c1-5-24(6-2)29(26,27)17-9-10-20(23-11-7-8-12-23)19(14-17)22-21(25)18-13-15(3)28-16(18)4/h9-10,13-14H,5-8,11-12H2,1-4H3,(H,22,25). The lowest BCUT2D eigenvalue weighted by molar-refractivity contribution is 0.102. The highest BCUT2D eigenvalue weighted by molar-refractivity contribution is 7.89. The molecule has 0 aliphatic carbocycles. The van der Waals surface area contributed by atoms with E-state index >= 15 is 0 Å². The van der Waals surface area contributed by atoms with Crippen molar-refractivity contribution >= 4 is 27.3 Å². The fourth-order valence-electron chi connectivity index (χ4n) is 3.77. The predicted molar refractivity (Wildman–Crippen MR) is 114 cm³/mol. The molecule has 158 valence electrons. The van der Waals surface area contributed by atoms with Gasteiger partial charge in [-0.2, -0.15) is 4.31 Å². The average Bonchev–Trinajstić information content (AvgIpc) is 3.32. The Balaban J connectivity index is 2.01. The Labute approximate surface area is 172 Å². The minimum absolute atomic E-state index is 0.180. The normalized spacial score (nSPS) is 14.6. The van der Waals surface area contributed by atoms with Crippen molar-refractivity contribution in [1.29, 1.82) is 0 Å². The fourth-order valence-corrected chi connectivity index (χ4v) is 5.25. The molecule has 1 amide bonds. The smallest absolute Gasteiger partial charge is 0.259 e. The third-order valence-corrected chi connectivity index (χ3v) is 7.34. The summed E-state index contributed by atoms with van der Waals surface area (Å²) >= 11 is 0. The van der Waals surface area contributed by atoms with Crippen LogP contribution in [-0.2, 0) is 10.0 Å². The van der Waals surface area contributed by atoms with Crippen LogP contribution in [0.15, 0.2) is 33.6 Å². The number of anilines is 2. The molecule has 1 aromatic carbocycles. The lowest BCUT2D eigenvalue weighted by Crippen LogP contribution is -2.31. The number of aryl methyl sites for hydroxylation is 2. The molecule has 0 spiro atoms. The maximum Gasteiger partial charge on any atom is 0.259 e. The van der Waals surface area contributed by atoms with Gasteiger partial charge >= 0.3 is 0 Å². The van der Waals surface area contributed by atoms with Crippen LogP contribution in [0, 0.1) is 13.8 Å². The molecule has 0 saturated carbocycles. The minimum atomic E-state index is -3.62. The first-order chi connectivity index (χ1) is 13.8. The quantitative estimate of drug-likeness (QED) is 0.738. The van der Waals surface area contributed by atoms with Gasteiger partial charge in [-0.15, -0.1) is 0 Å². The molecule has 1 aliphatic rings. The van der Waals surface area contributed by atoms with Crippen LogP contribution in [0.4, 0.5) is 11.4 Å². The van der Waals surface area contributed by atoms with Crippen molar-refractivity contribution in [1.82, 2.24) is 4.31 Å². The summed E-state index contributed by atoms with van der Waals surface area (Å²) in [6.07, 6.45) is 2.15. The van der Waals surface area contributed by atoms with E-state index in [1.165, 1.54) is 4.31 Å². The number of benzene rings is 1. The molecule has 0 bridgehead atoms. The second-order valence-corrected chi connectivity index (χ2v) is 9.18. The topological polar surface area (TPSA) is 82.9 Å². The van der Waals surface area contributed by atoms with Gasteiger partial charge in [-0.05, 0) is 51.0 Å². The maximum absolute atomic E-state index is 13.0. The Kier molecular flexibility index (Phi) is 6.33. The highest BCUT2D eigenvalue weighted by Crippen LogP contribution is 2.33.